The minimum absolute atomic E-state index is 0.587. The van der Waals surface area contributed by atoms with Crippen LogP contribution in [0.15, 0.2) is 30.3 Å². The molecule has 0 spiro atoms. The molecule has 0 amide bonds. The van der Waals surface area contributed by atoms with E-state index >= 15 is 0 Å². The second kappa shape index (κ2) is 3.72. The van der Waals surface area contributed by atoms with Gasteiger partial charge in [-0.15, -0.1) is 11.3 Å². The van der Waals surface area contributed by atoms with E-state index in [4.69, 9.17) is 0 Å². The Kier molecular flexibility index (Phi) is 2.41. The molecule has 1 aromatic carbocycles. The number of aromatic nitrogens is 1. The van der Waals surface area contributed by atoms with Crippen molar-refractivity contribution in [3.8, 4) is 10.6 Å². The van der Waals surface area contributed by atoms with Crippen molar-refractivity contribution in [2.24, 2.45) is 0 Å². The van der Waals surface area contributed by atoms with E-state index in [0.717, 1.165) is 16.3 Å². The molecule has 2 rings (SSSR count). The zero-order valence-electron chi connectivity index (χ0n) is 7.65. The van der Waals surface area contributed by atoms with Gasteiger partial charge in [0.2, 0.25) is 6.29 Å². The zero-order chi connectivity index (χ0) is 9.97. The minimum Gasteiger partial charge on any atom is -0.284 e. The molecule has 1 heterocycles. The summed E-state index contributed by atoms with van der Waals surface area (Å²) in [7, 11) is 0. The molecule has 2 nitrogen and oxygen atoms in total. The lowest BCUT2D eigenvalue weighted by Crippen LogP contribution is -1.78. The van der Waals surface area contributed by atoms with E-state index in [-0.39, 0.29) is 0 Å². The second-order valence-electron chi connectivity index (χ2n) is 2.90. The first-order valence-corrected chi connectivity index (χ1v) is 5.04. The van der Waals surface area contributed by atoms with Crippen LogP contribution in [-0.2, 0) is 4.79 Å². The van der Waals surface area contributed by atoms with Gasteiger partial charge in [-0.25, -0.2) is 4.98 Å². The number of benzene rings is 1. The van der Waals surface area contributed by atoms with Crippen LogP contribution in [0.1, 0.15) is 10.6 Å². The van der Waals surface area contributed by atoms with Crippen molar-refractivity contribution >= 4 is 17.6 Å². The molecule has 2 aromatic rings. The SMILES string of the molecule is Cc1nc(-c2ccccc2)sc1[C]=O. The van der Waals surface area contributed by atoms with Gasteiger partial charge >= 0.3 is 0 Å². The van der Waals surface area contributed by atoms with Gasteiger partial charge in [0.1, 0.15) is 9.88 Å². The fourth-order valence-corrected chi connectivity index (χ4v) is 2.06. The summed E-state index contributed by atoms with van der Waals surface area (Å²) < 4.78 is 0. The van der Waals surface area contributed by atoms with Crippen LogP contribution in [0.4, 0.5) is 0 Å². The normalized spacial score (nSPS) is 10.1. The molecule has 0 bridgehead atoms. The van der Waals surface area contributed by atoms with Crippen molar-refractivity contribution in [3.63, 3.8) is 0 Å². The number of hydrogen-bond donors (Lipinski definition) is 0. The van der Waals surface area contributed by atoms with Crippen molar-refractivity contribution in [3.05, 3.63) is 40.9 Å². The summed E-state index contributed by atoms with van der Waals surface area (Å²) in [4.78, 5) is 15.4. The molecule has 14 heavy (non-hydrogen) atoms. The molecule has 0 saturated carbocycles. The van der Waals surface area contributed by atoms with Crippen molar-refractivity contribution in [1.29, 1.82) is 0 Å². The van der Waals surface area contributed by atoms with Gasteiger partial charge in [0, 0.05) is 5.56 Å². The van der Waals surface area contributed by atoms with Gasteiger partial charge < -0.3 is 0 Å². The highest BCUT2D eigenvalue weighted by molar-refractivity contribution is 7.16. The van der Waals surface area contributed by atoms with Gasteiger partial charge in [0.25, 0.3) is 0 Å². The lowest BCUT2D eigenvalue weighted by molar-refractivity contribution is 0.563. The third kappa shape index (κ3) is 1.59. The first-order valence-electron chi connectivity index (χ1n) is 4.22. The molecule has 0 fully saturated rings. The van der Waals surface area contributed by atoms with Crippen molar-refractivity contribution in [2.75, 3.05) is 0 Å². The van der Waals surface area contributed by atoms with E-state index < -0.39 is 0 Å². The highest BCUT2D eigenvalue weighted by Gasteiger charge is 2.08. The second-order valence-corrected chi connectivity index (χ2v) is 3.90. The van der Waals surface area contributed by atoms with E-state index in [9.17, 15) is 4.79 Å². The molecule has 0 atom stereocenters. The van der Waals surface area contributed by atoms with Gasteiger partial charge in [-0.2, -0.15) is 0 Å². The molecular formula is C11H8NOS. The Hall–Kier alpha value is -1.48. The third-order valence-corrected chi connectivity index (χ3v) is 3.01. The summed E-state index contributed by atoms with van der Waals surface area (Å²) in [6.07, 6.45) is 1.89. The van der Waals surface area contributed by atoms with Crippen LogP contribution < -0.4 is 0 Å². The summed E-state index contributed by atoms with van der Waals surface area (Å²) in [5.74, 6) is 0. The van der Waals surface area contributed by atoms with Crippen LogP contribution in [0.2, 0.25) is 0 Å². The van der Waals surface area contributed by atoms with Crippen LogP contribution in [0.5, 0.6) is 0 Å². The lowest BCUT2D eigenvalue weighted by atomic mass is 10.2. The quantitative estimate of drug-likeness (QED) is 0.749. The zero-order valence-corrected chi connectivity index (χ0v) is 8.47. The van der Waals surface area contributed by atoms with Crippen LogP contribution in [0, 0.1) is 6.92 Å². The molecule has 1 radical (unpaired) electrons. The smallest absolute Gasteiger partial charge is 0.246 e. The first-order chi connectivity index (χ1) is 6.81. The van der Waals surface area contributed by atoms with Gasteiger partial charge in [0.15, 0.2) is 0 Å². The largest absolute Gasteiger partial charge is 0.284 e. The van der Waals surface area contributed by atoms with Crippen molar-refractivity contribution < 1.29 is 4.79 Å². The Morgan fingerprint density at radius 1 is 1.29 bits per heavy atom. The molecule has 69 valence electrons. The number of nitrogens with zero attached hydrogens (tertiary/aromatic N) is 1. The molecule has 0 aliphatic carbocycles. The number of thiazole rings is 1. The van der Waals surface area contributed by atoms with Gasteiger partial charge in [0.05, 0.1) is 5.69 Å². The molecular weight excluding hydrogens is 194 g/mol. The lowest BCUT2D eigenvalue weighted by Gasteiger charge is -1.92. The van der Waals surface area contributed by atoms with Crippen LogP contribution in [-0.4, -0.2) is 11.3 Å². The number of hydrogen-bond acceptors (Lipinski definition) is 3. The summed E-state index contributed by atoms with van der Waals surface area (Å²) in [6.45, 7) is 1.82. The van der Waals surface area contributed by atoms with Crippen LogP contribution >= 0.6 is 11.3 Å². The Labute approximate surface area is 86.2 Å². The molecule has 3 heteroatoms. The predicted octanol–water partition coefficient (Wildman–Crippen LogP) is 2.58. The summed E-state index contributed by atoms with van der Waals surface area (Å²) in [5, 5.41) is 0.876. The summed E-state index contributed by atoms with van der Waals surface area (Å²) in [6, 6.07) is 9.82. The standard InChI is InChI=1S/C11H8NOS/c1-8-10(7-13)14-11(12-8)9-5-3-2-4-6-9/h2-6H,1H3. The van der Waals surface area contributed by atoms with Crippen molar-refractivity contribution in [2.45, 2.75) is 6.92 Å². The Bertz CT molecular complexity index is 448. The molecule has 0 saturated heterocycles. The molecule has 0 N–H and O–H groups in total. The topological polar surface area (TPSA) is 30.0 Å². The van der Waals surface area contributed by atoms with E-state index in [0.29, 0.717) is 4.88 Å². The Balaban J connectivity index is 2.48. The van der Waals surface area contributed by atoms with Gasteiger partial charge in [-0.05, 0) is 6.92 Å². The average molecular weight is 202 g/mol. The van der Waals surface area contributed by atoms with E-state index in [2.05, 4.69) is 4.98 Å². The Morgan fingerprint density at radius 2 is 2.00 bits per heavy atom. The monoisotopic (exact) mass is 202 g/mol. The predicted molar refractivity (Wildman–Crippen MR) is 57.1 cm³/mol. The maximum absolute atomic E-state index is 10.5. The van der Waals surface area contributed by atoms with Gasteiger partial charge in [-0.1, -0.05) is 30.3 Å². The summed E-state index contributed by atoms with van der Waals surface area (Å²) >= 11 is 1.38. The maximum Gasteiger partial charge on any atom is 0.246 e. The van der Waals surface area contributed by atoms with E-state index in [1.807, 2.05) is 43.5 Å². The molecule has 0 unspecified atom stereocenters. The number of aryl methyl sites for hydroxylation is 1. The summed E-state index contributed by atoms with van der Waals surface area (Å²) in [5.41, 5.74) is 1.80. The fourth-order valence-electron chi connectivity index (χ4n) is 1.20. The average Bonchev–Trinajstić information content (AvgIpc) is 2.61. The van der Waals surface area contributed by atoms with Crippen LogP contribution in [0.25, 0.3) is 10.6 Å². The maximum atomic E-state index is 10.5. The van der Waals surface area contributed by atoms with Crippen molar-refractivity contribution in [1.82, 2.24) is 4.98 Å². The molecule has 0 aliphatic rings. The fraction of sp³-hybridized carbons (Fsp3) is 0.0909. The highest BCUT2D eigenvalue weighted by atomic mass is 32.1. The third-order valence-electron chi connectivity index (χ3n) is 1.91. The number of carbonyl (C=O) groups excluding carboxylic acids is 1. The van der Waals surface area contributed by atoms with E-state index in [1.54, 1.807) is 0 Å². The molecule has 1 aromatic heterocycles. The van der Waals surface area contributed by atoms with Crippen LogP contribution in [0.3, 0.4) is 0 Å². The molecule has 0 aliphatic heterocycles. The first kappa shape index (κ1) is 9.09. The Morgan fingerprint density at radius 3 is 2.57 bits per heavy atom. The minimum atomic E-state index is 0.587. The number of rotatable bonds is 2. The highest BCUT2D eigenvalue weighted by Crippen LogP contribution is 2.26. The van der Waals surface area contributed by atoms with Gasteiger partial charge in [-0.3, -0.25) is 4.79 Å². The van der Waals surface area contributed by atoms with E-state index in [1.165, 1.54) is 11.3 Å².